The van der Waals surface area contributed by atoms with Gasteiger partial charge >= 0.3 is 0 Å². The summed E-state index contributed by atoms with van der Waals surface area (Å²) in [7, 11) is 0. The van der Waals surface area contributed by atoms with Gasteiger partial charge in [0.15, 0.2) is 0 Å². The third-order valence-corrected chi connectivity index (χ3v) is 9.71. The molecule has 37 heavy (non-hydrogen) atoms. The predicted octanol–water partition coefficient (Wildman–Crippen LogP) is 2.07. The number of nitrogens with two attached hydrogens (primary N) is 1. The highest BCUT2D eigenvalue weighted by Crippen LogP contribution is 2.66. The number of Topliss-reactive ketones (excluding diaryl/α,β-unsaturated/α-hetero) is 1. The average molecular weight is 511 g/mol. The maximum atomic E-state index is 13.9. The summed E-state index contributed by atoms with van der Waals surface area (Å²) in [5, 5.41) is 5.30. The second-order valence-corrected chi connectivity index (χ2v) is 12.0. The topological polar surface area (TPSA) is 122 Å². The van der Waals surface area contributed by atoms with Crippen LogP contribution in [0.25, 0.3) is 0 Å². The molecule has 0 aromatic heterocycles. The standard InChI is InChI=1S/C29H42N4O4/c1-4-6-10-21(23(34)26(36)31-17-5-2)32-25(35)22-19-11-14-29(15-16-29)20(19)18-33(22)27(37)24(30)28(3)12-8-7-9-13-28/h1,5,19-22,24H,2,6-18,30H2,3H3,(H,31,36)(H,32,35)/t19-,20-,21?,22-,24+/m0/s1. The Balaban J connectivity index is 1.55. The van der Waals surface area contributed by atoms with E-state index < -0.39 is 29.8 Å². The highest BCUT2D eigenvalue weighted by molar-refractivity contribution is 6.38. The van der Waals surface area contributed by atoms with Crippen molar-refractivity contribution in [2.24, 2.45) is 28.4 Å². The van der Waals surface area contributed by atoms with Gasteiger partial charge in [0.1, 0.15) is 6.04 Å². The summed E-state index contributed by atoms with van der Waals surface area (Å²) in [6.07, 6.45) is 16.6. The van der Waals surface area contributed by atoms with Gasteiger partial charge in [-0.2, -0.15) is 0 Å². The molecule has 3 amide bonds. The highest BCUT2D eigenvalue weighted by Gasteiger charge is 2.64. The SMILES string of the molecule is C#CCCC(NC(=O)[C@@H]1[C@H]2CCC3(CC3)[C@H]2CN1C(=O)[C@@H](N)C1(C)CCCCC1)C(=O)C(=O)NCC=C. The van der Waals surface area contributed by atoms with Crippen molar-refractivity contribution in [1.29, 1.82) is 0 Å². The van der Waals surface area contributed by atoms with Gasteiger partial charge in [-0.15, -0.1) is 18.9 Å². The Bertz CT molecular complexity index is 975. The molecule has 4 aliphatic rings. The van der Waals surface area contributed by atoms with Crippen molar-refractivity contribution in [2.75, 3.05) is 13.1 Å². The number of likely N-dealkylation sites (tertiary alicyclic amines) is 1. The van der Waals surface area contributed by atoms with Crippen LogP contribution in [0, 0.1) is 35.0 Å². The van der Waals surface area contributed by atoms with Gasteiger partial charge in [-0.25, -0.2) is 0 Å². The van der Waals surface area contributed by atoms with Crippen LogP contribution < -0.4 is 16.4 Å². The lowest BCUT2D eigenvalue weighted by Gasteiger charge is -2.40. The lowest BCUT2D eigenvalue weighted by Crippen LogP contribution is -2.59. The first-order valence-electron chi connectivity index (χ1n) is 13.9. The number of amides is 3. The Kier molecular flexibility index (Phi) is 8.13. The summed E-state index contributed by atoms with van der Waals surface area (Å²) < 4.78 is 0. The number of hydrogen-bond donors (Lipinski definition) is 3. The van der Waals surface area contributed by atoms with Crippen LogP contribution in [0.3, 0.4) is 0 Å². The molecule has 0 aromatic rings. The normalized spacial score (nSPS) is 28.5. The number of carbonyl (C=O) groups is 4. The van der Waals surface area contributed by atoms with E-state index in [9.17, 15) is 19.2 Å². The van der Waals surface area contributed by atoms with Crippen LogP contribution in [-0.2, 0) is 19.2 Å². The van der Waals surface area contributed by atoms with Crippen LogP contribution >= 0.6 is 0 Å². The number of hydrogen-bond acceptors (Lipinski definition) is 5. The Labute approximate surface area is 220 Å². The zero-order chi connectivity index (χ0) is 26.8. The summed E-state index contributed by atoms with van der Waals surface area (Å²) in [5.41, 5.74) is 6.60. The van der Waals surface area contributed by atoms with Crippen molar-refractivity contribution >= 4 is 23.5 Å². The van der Waals surface area contributed by atoms with E-state index in [1.807, 2.05) is 0 Å². The number of ketones is 1. The lowest BCUT2D eigenvalue weighted by atomic mass is 9.70. The molecule has 8 nitrogen and oxygen atoms in total. The van der Waals surface area contributed by atoms with Crippen molar-refractivity contribution in [3.05, 3.63) is 12.7 Å². The van der Waals surface area contributed by atoms with Gasteiger partial charge in [0.05, 0.1) is 12.1 Å². The molecule has 5 atom stereocenters. The summed E-state index contributed by atoms with van der Waals surface area (Å²) in [6.45, 7) is 6.32. The van der Waals surface area contributed by atoms with E-state index in [0.29, 0.717) is 6.54 Å². The number of nitrogens with zero attached hydrogens (tertiary/aromatic N) is 1. The largest absolute Gasteiger partial charge is 0.346 e. The minimum Gasteiger partial charge on any atom is -0.346 e. The van der Waals surface area contributed by atoms with Gasteiger partial charge in [0, 0.05) is 19.5 Å². The third kappa shape index (κ3) is 5.34. The third-order valence-electron chi connectivity index (χ3n) is 9.71. The minimum absolute atomic E-state index is 0.0378. The van der Waals surface area contributed by atoms with Gasteiger partial charge in [-0.3, -0.25) is 19.2 Å². The molecule has 4 rings (SSSR count). The van der Waals surface area contributed by atoms with Crippen molar-refractivity contribution in [2.45, 2.75) is 95.7 Å². The molecule has 3 saturated carbocycles. The lowest BCUT2D eigenvalue weighted by molar-refractivity contribution is -0.144. The van der Waals surface area contributed by atoms with Crippen LogP contribution in [0.1, 0.15) is 77.6 Å². The smallest absolute Gasteiger partial charge is 0.289 e. The zero-order valence-corrected chi connectivity index (χ0v) is 22.1. The molecule has 0 bridgehead atoms. The van der Waals surface area contributed by atoms with Crippen LogP contribution in [0.2, 0.25) is 0 Å². The quantitative estimate of drug-likeness (QED) is 0.236. The Morgan fingerprint density at radius 1 is 1.16 bits per heavy atom. The average Bonchev–Trinajstić information content (AvgIpc) is 3.47. The Morgan fingerprint density at radius 3 is 2.49 bits per heavy atom. The molecule has 202 valence electrons. The van der Waals surface area contributed by atoms with Gasteiger partial charge in [0.25, 0.3) is 5.91 Å². The number of rotatable bonds is 10. The second kappa shape index (κ2) is 11.0. The number of terminal acetylenes is 1. The van der Waals surface area contributed by atoms with E-state index >= 15 is 0 Å². The van der Waals surface area contributed by atoms with Crippen molar-refractivity contribution in [1.82, 2.24) is 15.5 Å². The van der Waals surface area contributed by atoms with Crippen LogP contribution in [0.4, 0.5) is 0 Å². The van der Waals surface area contributed by atoms with E-state index in [1.165, 1.54) is 6.08 Å². The van der Waals surface area contributed by atoms with E-state index in [4.69, 9.17) is 12.2 Å². The fourth-order valence-corrected chi connectivity index (χ4v) is 7.21. The maximum absolute atomic E-state index is 13.9. The van der Waals surface area contributed by atoms with Crippen LogP contribution in [0.15, 0.2) is 12.7 Å². The second-order valence-electron chi connectivity index (χ2n) is 12.0. The molecule has 1 unspecified atom stereocenters. The van der Waals surface area contributed by atoms with Crippen molar-refractivity contribution in [3.63, 3.8) is 0 Å². The summed E-state index contributed by atoms with van der Waals surface area (Å²) >= 11 is 0. The van der Waals surface area contributed by atoms with Crippen LogP contribution in [-0.4, -0.2) is 59.6 Å². The fraction of sp³-hybridized carbons (Fsp3) is 0.724. The molecule has 1 spiro atoms. The molecule has 1 aliphatic heterocycles. The number of fused-ring (bicyclic) bond motifs is 2. The maximum Gasteiger partial charge on any atom is 0.289 e. The van der Waals surface area contributed by atoms with E-state index in [-0.39, 0.29) is 53.9 Å². The molecular weight excluding hydrogens is 468 g/mol. The number of carbonyl (C=O) groups excluding carboxylic acids is 4. The van der Waals surface area contributed by atoms with Gasteiger partial charge < -0.3 is 21.3 Å². The summed E-state index contributed by atoms with van der Waals surface area (Å²) in [5.74, 6) is 0.720. The zero-order valence-electron chi connectivity index (χ0n) is 22.1. The molecule has 0 radical (unpaired) electrons. The van der Waals surface area contributed by atoms with Crippen molar-refractivity contribution < 1.29 is 19.2 Å². The van der Waals surface area contributed by atoms with E-state index in [2.05, 4.69) is 30.1 Å². The monoisotopic (exact) mass is 510 g/mol. The van der Waals surface area contributed by atoms with Crippen molar-refractivity contribution in [3.8, 4) is 12.3 Å². The first kappa shape index (κ1) is 27.4. The Hall–Kier alpha value is -2.66. The molecule has 4 N–H and O–H groups in total. The van der Waals surface area contributed by atoms with Gasteiger partial charge in [-0.1, -0.05) is 32.3 Å². The van der Waals surface area contributed by atoms with Gasteiger partial charge in [-0.05, 0) is 67.6 Å². The molecule has 4 fully saturated rings. The molecule has 8 heteroatoms. The number of nitrogens with one attached hydrogen (secondary N) is 2. The summed E-state index contributed by atoms with van der Waals surface area (Å²) in [4.78, 5) is 54.7. The minimum atomic E-state index is -1.05. The molecule has 3 aliphatic carbocycles. The van der Waals surface area contributed by atoms with Gasteiger partial charge in [0.2, 0.25) is 17.6 Å². The van der Waals surface area contributed by atoms with E-state index in [0.717, 1.165) is 57.8 Å². The fourth-order valence-electron chi connectivity index (χ4n) is 7.21. The molecular formula is C29H42N4O4. The first-order valence-corrected chi connectivity index (χ1v) is 13.9. The predicted molar refractivity (Wildman–Crippen MR) is 141 cm³/mol. The molecule has 1 saturated heterocycles. The first-order chi connectivity index (χ1) is 17.7. The van der Waals surface area contributed by atoms with E-state index in [1.54, 1.807) is 4.90 Å². The Morgan fingerprint density at radius 2 is 1.86 bits per heavy atom. The summed E-state index contributed by atoms with van der Waals surface area (Å²) in [6, 6.07) is -2.40. The molecule has 1 heterocycles. The molecule has 0 aromatic carbocycles. The van der Waals surface area contributed by atoms with Crippen LogP contribution in [0.5, 0.6) is 0 Å². The highest BCUT2D eigenvalue weighted by atomic mass is 16.2.